The standard InChI is InChI=1S/C11H18O2/c1-9(2)5-6-10(12)11(13-3)7-4-8-11/h1,4-8H2,2-3H3. The van der Waals surface area contributed by atoms with Crippen molar-refractivity contribution in [1.82, 2.24) is 0 Å². The fraction of sp³-hybridized carbons (Fsp3) is 0.727. The maximum atomic E-state index is 11.7. The van der Waals surface area contributed by atoms with Crippen molar-refractivity contribution in [3.63, 3.8) is 0 Å². The van der Waals surface area contributed by atoms with Gasteiger partial charge in [0.1, 0.15) is 5.60 Å². The molecular formula is C11H18O2. The van der Waals surface area contributed by atoms with Crippen LogP contribution in [0.1, 0.15) is 39.0 Å². The number of carbonyl (C=O) groups excluding carboxylic acids is 1. The second kappa shape index (κ2) is 4.05. The van der Waals surface area contributed by atoms with Crippen LogP contribution < -0.4 is 0 Å². The van der Waals surface area contributed by atoms with Crippen molar-refractivity contribution in [3.05, 3.63) is 12.2 Å². The largest absolute Gasteiger partial charge is 0.370 e. The van der Waals surface area contributed by atoms with Crippen LogP contribution in [-0.4, -0.2) is 18.5 Å². The fourth-order valence-corrected chi connectivity index (χ4v) is 1.65. The van der Waals surface area contributed by atoms with Crippen LogP contribution in [0, 0.1) is 0 Å². The zero-order chi connectivity index (χ0) is 9.90. The molecule has 0 atom stereocenters. The smallest absolute Gasteiger partial charge is 0.164 e. The van der Waals surface area contributed by atoms with Crippen LogP contribution in [0.5, 0.6) is 0 Å². The summed E-state index contributed by atoms with van der Waals surface area (Å²) in [5, 5.41) is 0. The fourth-order valence-electron chi connectivity index (χ4n) is 1.65. The summed E-state index contributed by atoms with van der Waals surface area (Å²) in [7, 11) is 1.64. The Labute approximate surface area is 80.0 Å². The third-order valence-electron chi connectivity index (χ3n) is 2.84. The second-order valence-corrected chi connectivity index (χ2v) is 3.93. The number of ether oxygens (including phenoxy) is 1. The predicted octanol–water partition coefficient (Wildman–Crippen LogP) is 2.48. The molecule has 1 aliphatic carbocycles. The lowest BCUT2D eigenvalue weighted by Crippen LogP contribution is -2.46. The summed E-state index contributed by atoms with van der Waals surface area (Å²) in [6.45, 7) is 5.74. The lowest BCUT2D eigenvalue weighted by Gasteiger charge is -2.38. The first-order valence-corrected chi connectivity index (χ1v) is 4.83. The van der Waals surface area contributed by atoms with E-state index in [1.807, 2.05) is 6.92 Å². The van der Waals surface area contributed by atoms with E-state index in [2.05, 4.69) is 6.58 Å². The minimum Gasteiger partial charge on any atom is -0.370 e. The van der Waals surface area contributed by atoms with E-state index in [4.69, 9.17) is 4.74 Å². The molecule has 0 bridgehead atoms. The van der Waals surface area contributed by atoms with Crippen LogP contribution in [0.15, 0.2) is 12.2 Å². The molecule has 0 spiro atoms. The molecule has 0 aromatic heterocycles. The van der Waals surface area contributed by atoms with Crippen molar-refractivity contribution < 1.29 is 9.53 Å². The average molecular weight is 182 g/mol. The van der Waals surface area contributed by atoms with Gasteiger partial charge in [0.2, 0.25) is 0 Å². The Balaban J connectivity index is 2.41. The molecule has 0 unspecified atom stereocenters. The highest BCUT2D eigenvalue weighted by atomic mass is 16.5. The Morgan fingerprint density at radius 3 is 2.38 bits per heavy atom. The highest BCUT2D eigenvalue weighted by molar-refractivity contribution is 5.88. The summed E-state index contributed by atoms with van der Waals surface area (Å²) in [6.07, 6.45) is 4.30. The normalized spacial score (nSPS) is 19.2. The van der Waals surface area contributed by atoms with Gasteiger partial charge in [-0.05, 0) is 32.6 Å². The van der Waals surface area contributed by atoms with Gasteiger partial charge in [-0.3, -0.25) is 4.79 Å². The van der Waals surface area contributed by atoms with Crippen LogP contribution in [0.4, 0.5) is 0 Å². The van der Waals surface area contributed by atoms with Gasteiger partial charge in [0.25, 0.3) is 0 Å². The van der Waals surface area contributed by atoms with Gasteiger partial charge in [0, 0.05) is 13.5 Å². The van der Waals surface area contributed by atoms with E-state index in [1.165, 1.54) is 0 Å². The summed E-state index contributed by atoms with van der Waals surface area (Å²) in [5.41, 5.74) is 0.647. The van der Waals surface area contributed by atoms with Gasteiger partial charge in [0.05, 0.1) is 0 Å². The molecule has 0 saturated heterocycles. The topological polar surface area (TPSA) is 26.3 Å². The number of carbonyl (C=O) groups is 1. The molecule has 0 aliphatic heterocycles. The number of hydrogen-bond acceptors (Lipinski definition) is 2. The van der Waals surface area contributed by atoms with E-state index in [-0.39, 0.29) is 5.78 Å². The van der Waals surface area contributed by atoms with E-state index in [9.17, 15) is 4.79 Å². The van der Waals surface area contributed by atoms with Crippen LogP contribution in [0.3, 0.4) is 0 Å². The number of ketones is 1. The van der Waals surface area contributed by atoms with Crippen molar-refractivity contribution in [2.45, 2.75) is 44.6 Å². The maximum Gasteiger partial charge on any atom is 0.164 e. The van der Waals surface area contributed by atoms with Gasteiger partial charge >= 0.3 is 0 Å². The van der Waals surface area contributed by atoms with Gasteiger partial charge in [-0.25, -0.2) is 0 Å². The minimum absolute atomic E-state index is 0.254. The van der Waals surface area contributed by atoms with Crippen molar-refractivity contribution >= 4 is 5.78 Å². The SMILES string of the molecule is C=C(C)CCC(=O)C1(OC)CCC1. The summed E-state index contributed by atoms with van der Waals surface area (Å²) >= 11 is 0. The second-order valence-electron chi connectivity index (χ2n) is 3.93. The van der Waals surface area contributed by atoms with Gasteiger partial charge in [0.15, 0.2) is 5.78 Å². The van der Waals surface area contributed by atoms with E-state index in [1.54, 1.807) is 7.11 Å². The molecule has 2 heteroatoms. The molecule has 13 heavy (non-hydrogen) atoms. The molecule has 1 rings (SSSR count). The predicted molar refractivity (Wildman–Crippen MR) is 52.6 cm³/mol. The zero-order valence-electron chi connectivity index (χ0n) is 8.56. The molecule has 1 fully saturated rings. The molecule has 1 saturated carbocycles. The minimum atomic E-state index is -0.421. The number of Topliss-reactive ketones (excluding diaryl/α,β-unsaturated/α-hetero) is 1. The molecule has 0 radical (unpaired) electrons. The van der Waals surface area contributed by atoms with Crippen LogP contribution in [-0.2, 0) is 9.53 Å². The highest BCUT2D eigenvalue weighted by Crippen LogP contribution is 2.37. The highest BCUT2D eigenvalue weighted by Gasteiger charge is 2.43. The maximum absolute atomic E-state index is 11.7. The Morgan fingerprint density at radius 2 is 2.08 bits per heavy atom. The lowest BCUT2D eigenvalue weighted by molar-refractivity contribution is -0.151. The molecule has 0 N–H and O–H groups in total. The van der Waals surface area contributed by atoms with Crippen molar-refractivity contribution in [1.29, 1.82) is 0 Å². The first-order valence-electron chi connectivity index (χ1n) is 4.83. The number of hydrogen-bond donors (Lipinski definition) is 0. The van der Waals surface area contributed by atoms with Crippen LogP contribution >= 0.6 is 0 Å². The molecule has 0 amide bonds. The van der Waals surface area contributed by atoms with E-state index < -0.39 is 5.60 Å². The molecule has 0 aromatic rings. The van der Waals surface area contributed by atoms with Crippen LogP contribution in [0.2, 0.25) is 0 Å². The van der Waals surface area contributed by atoms with Crippen LogP contribution in [0.25, 0.3) is 0 Å². The average Bonchev–Trinajstić information content (AvgIpc) is 2.00. The van der Waals surface area contributed by atoms with E-state index >= 15 is 0 Å². The Bertz CT molecular complexity index is 209. The molecule has 0 aromatic carbocycles. The zero-order valence-corrected chi connectivity index (χ0v) is 8.56. The summed E-state index contributed by atoms with van der Waals surface area (Å²) in [6, 6.07) is 0. The third kappa shape index (κ3) is 2.19. The Kier molecular flexibility index (Phi) is 3.26. The molecule has 2 nitrogen and oxygen atoms in total. The number of methoxy groups -OCH3 is 1. The summed E-state index contributed by atoms with van der Waals surface area (Å²) in [4.78, 5) is 11.7. The van der Waals surface area contributed by atoms with Gasteiger partial charge in [-0.1, -0.05) is 5.57 Å². The monoisotopic (exact) mass is 182 g/mol. The van der Waals surface area contributed by atoms with Crippen molar-refractivity contribution in [2.24, 2.45) is 0 Å². The molecular weight excluding hydrogens is 164 g/mol. The van der Waals surface area contributed by atoms with Gasteiger partial charge in [-0.2, -0.15) is 0 Å². The lowest BCUT2D eigenvalue weighted by atomic mass is 9.75. The van der Waals surface area contributed by atoms with E-state index in [0.717, 1.165) is 31.3 Å². The summed E-state index contributed by atoms with van der Waals surface area (Å²) in [5.74, 6) is 0.254. The number of allylic oxidation sites excluding steroid dienone is 1. The van der Waals surface area contributed by atoms with Gasteiger partial charge in [-0.15, -0.1) is 6.58 Å². The quantitative estimate of drug-likeness (QED) is 0.610. The Hall–Kier alpha value is -0.630. The Morgan fingerprint density at radius 1 is 1.46 bits per heavy atom. The van der Waals surface area contributed by atoms with E-state index in [0.29, 0.717) is 6.42 Å². The summed E-state index contributed by atoms with van der Waals surface area (Å²) < 4.78 is 5.29. The first kappa shape index (κ1) is 10.5. The third-order valence-corrected chi connectivity index (χ3v) is 2.84. The van der Waals surface area contributed by atoms with Crippen molar-refractivity contribution in [3.8, 4) is 0 Å². The first-order chi connectivity index (χ1) is 6.10. The molecule has 74 valence electrons. The van der Waals surface area contributed by atoms with Gasteiger partial charge < -0.3 is 4.74 Å². The number of rotatable bonds is 5. The molecule has 1 aliphatic rings. The van der Waals surface area contributed by atoms with Crippen molar-refractivity contribution in [2.75, 3.05) is 7.11 Å². The molecule has 0 heterocycles.